The van der Waals surface area contributed by atoms with Gasteiger partial charge in [-0.2, -0.15) is 0 Å². The summed E-state index contributed by atoms with van der Waals surface area (Å²) in [5, 5.41) is 0.902. The average Bonchev–Trinajstić information content (AvgIpc) is 2.93. The first-order chi connectivity index (χ1) is 11.1. The Morgan fingerprint density at radius 2 is 2.09 bits per heavy atom. The van der Waals surface area contributed by atoms with Crippen LogP contribution in [0.1, 0.15) is 30.3 Å². The molecule has 1 heterocycles. The summed E-state index contributed by atoms with van der Waals surface area (Å²) in [7, 11) is 3.53. The van der Waals surface area contributed by atoms with Crippen LogP contribution in [0.25, 0.3) is 10.6 Å². The molecule has 0 saturated carbocycles. The molecular formula is C18H24N2O2S. The Morgan fingerprint density at radius 3 is 2.78 bits per heavy atom. The van der Waals surface area contributed by atoms with Crippen molar-refractivity contribution < 1.29 is 9.53 Å². The maximum Gasteiger partial charge on any atom is 0.227 e. The molecule has 1 aromatic heterocycles. The molecule has 0 unspecified atom stereocenters. The van der Waals surface area contributed by atoms with E-state index in [1.807, 2.05) is 43.1 Å². The summed E-state index contributed by atoms with van der Waals surface area (Å²) < 4.78 is 5.40. The first-order valence-electron chi connectivity index (χ1n) is 7.90. The molecule has 2 rings (SSSR count). The minimum atomic E-state index is 0.150. The third-order valence-electron chi connectivity index (χ3n) is 3.81. The second-order valence-corrected chi connectivity index (χ2v) is 6.66. The number of hydrogen-bond acceptors (Lipinski definition) is 4. The molecule has 124 valence electrons. The van der Waals surface area contributed by atoms with E-state index in [0.717, 1.165) is 46.3 Å². The first-order valence-corrected chi connectivity index (χ1v) is 8.72. The molecule has 0 spiro atoms. The Balaban J connectivity index is 2.17. The highest BCUT2D eigenvalue weighted by molar-refractivity contribution is 7.15. The van der Waals surface area contributed by atoms with Gasteiger partial charge < -0.3 is 9.64 Å². The average molecular weight is 332 g/mol. The van der Waals surface area contributed by atoms with Crippen molar-refractivity contribution in [1.82, 2.24) is 9.88 Å². The minimum Gasteiger partial charge on any atom is -0.496 e. The van der Waals surface area contributed by atoms with Crippen molar-refractivity contribution in [3.05, 3.63) is 34.8 Å². The smallest absolute Gasteiger partial charge is 0.227 e. The van der Waals surface area contributed by atoms with E-state index >= 15 is 0 Å². The van der Waals surface area contributed by atoms with E-state index in [1.54, 1.807) is 18.4 Å². The van der Waals surface area contributed by atoms with Crippen molar-refractivity contribution in [2.45, 2.75) is 33.1 Å². The Labute approximate surface area is 142 Å². The lowest BCUT2D eigenvalue weighted by Crippen LogP contribution is -2.29. The van der Waals surface area contributed by atoms with Gasteiger partial charge in [-0.25, -0.2) is 4.98 Å². The van der Waals surface area contributed by atoms with Crippen LogP contribution >= 0.6 is 11.3 Å². The molecule has 4 nitrogen and oxygen atoms in total. The SMILES string of the molecule is CCCCN(C)C(=O)Cc1sc(-c2ccccc2OC)nc1C. The van der Waals surface area contributed by atoms with Crippen LogP contribution < -0.4 is 4.74 Å². The zero-order valence-electron chi connectivity index (χ0n) is 14.3. The van der Waals surface area contributed by atoms with Crippen molar-refractivity contribution >= 4 is 17.2 Å². The number of ether oxygens (including phenoxy) is 1. The van der Waals surface area contributed by atoms with Gasteiger partial charge in [-0.3, -0.25) is 4.79 Å². The monoisotopic (exact) mass is 332 g/mol. The lowest BCUT2D eigenvalue weighted by Gasteiger charge is -2.16. The van der Waals surface area contributed by atoms with Crippen LogP contribution in [0.5, 0.6) is 5.75 Å². The van der Waals surface area contributed by atoms with E-state index in [-0.39, 0.29) is 5.91 Å². The first kappa shape index (κ1) is 17.5. The topological polar surface area (TPSA) is 42.4 Å². The molecule has 1 amide bonds. The number of para-hydroxylation sites is 1. The largest absolute Gasteiger partial charge is 0.496 e. The third-order valence-corrected chi connectivity index (χ3v) is 5.01. The van der Waals surface area contributed by atoms with Crippen LogP contribution in [0.3, 0.4) is 0 Å². The van der Waals surface area contributed by atoms with Crippen molar-refractivity contribution in [2.75, 3.05) is 20.7 Å². The second-order valence-electron chi connectivity index (χ2n) is 5.57. The molecule has 0 N–H and O–H groups in total. The van der Waals surface area contributed by atoms with Crippen molar-refractivity contribution in [3.63, 3.8) is 0 Å². The van der Waals surface area contributed by atoms with Gasteiger partial charge in [0.25, 0.3) is 0 Å². The Bertz CT molecular complexity index is 667. The van der Waals surface area contributed by atoms with Crippen molar-refractivity contribution in [3.8, 4) is 16.3 Å². The lowest BCUT2D eigenvalue weighted by atomic mass is 10.2. The van der Waals surface area contributed by atoms with Gasteiger partial charge in [-0.05, 0) is 25.5 Å². The van der Waals surface area contributed by atoms with Gasteiger partial charge in [0.05, 0.1) is 24.8 Å². The highest BCUT2D eigenvalue weighted by Gasteiger charge is 2.17. The van der Waals surface area contributed by atoms with Crippen LogP contribution in [0.4, 0.5) is 0 Å². The Morgan fingerprint density at radius 1 is 1.35 bits per heavy atom. The number of carbonyl (C=O) groups is 1. The number of thiazole rings is 1. The van der Waals surface area contributed by atoms with E-state index < -0.39 is 0 Å². The highest BCUT2D eigenvalue weighted by Crippen LogP contribution is 2.34. The lowest BCUT2D eigenvalue weighted by molar-refractivity contribution is -0.129. The summed E-state index contributed by atoms with van der Waals surface area (Å²) in [6.45, 7) is 4.90. The molecule has 0 bridgehead atoms. The fourth-order valence-electron chi connectivity index (χ4n) is 2.32. The number of benzene rings is 1. The standard InChI is InChI=1S/C18H24N2O2S/c1-5-6-11-20(3)17(21)12-16-13(2)19-18(23-16)14-9-7-8-10-15(14)22-4/h7-10H,5-6,11-12H2,1-4H3. The summed E-state index contributed by atoms with van der Waals surface area (Å²) >= 11 is 1.57. The predicted molar refractivity (Wildman–Crippen MR) is 95.1 cm³/mol. The molecule has 5 heteroatoms. The number of aryl methyl sites for hydroxylation is 1. The van der Waals surface area contributed by atoms with Crippen LogP contribution in [0.2, 0.25) is 0 Å². The normalized spacial score (nSPS) is 10.6. The number of amides is 1. The molecule has 0 atom stereocenters. The highest BCUT2D eigenvalue weighted by atomic mass is 32.1. The summed E-state index contributed by atoms with van der Waals surface area (Å²) in [6.07, 6.45) is 2.55. The number of likely N-dealkylation sites (N-methyl/N-ethyl adjacent to an activating group) is 1. The third kappa shape index (κ3) is 4.32. The summed E-state index contributed by atoms with van der Waals surface area (Å²) in [4.78, 5) is 19.8. The fourth-order valence-corrected chi connectivity index (χ4v) is 3.40. The number of hydrogen-bond donors (Lipinski definition) is 0. The molecule has 0 radical (unpaired) electrons. The number of carbonyl (C=O) groups excluding carboxylic acids is 1. The van der Waals surface area contributed by atoms with E-state index in [2.05, 4.69) is 11.9 Å². The van der Waals surface area contributed by atoms with E-state index in [0.29, 0.717) is 6.42 Å². The number of unbranched alkanes of at least 4 members (excludes halogenated alkanes) is 1. The van der Waals surface area contributed by atoms with Crippen molar-refractivity contribution in [2.24, 2.45) is 0 Å². The van der Waals surface area contributed by atoms with Crippen LogP contribution in [-0.2, 0) is 11.2 Å². The van der Waals surface area contributed by atoms with Gasteiger partial charge in [0.1, 0.15) is 10.8 Å². The second kappa shape index (κ2) is 8.11. The van der Waals surface area contributed by atoms with E-state index in [1.165, 1.54) is 0 Å². The Hall–Kier alpha value is -1.88. The summed E-state index contributed by atoms with van der Waals surface area (Å²) in [5.74, 6) is 0.955. The fraction of sp³-hybridized carbons (Fsp3) is 0.444. The van der Waals surface area contributed by atoms with Crippen LogP contribution in [0, 0.1) is 6.92 Å². The molecule has 0 aliphatic carbocycles. The van der Waals surface area contributed by atoms with Crippen molar-refractivity contribution in [1.29, 1.82) is 0 Å². The molecule has 0 saturated heterocycles. The summed E-state index contributed by atoms with van der Waals surface area (Å²) in [6, 6.07) is 7.83. The van der Waals surface area contributed by atoms with Crippen LogP contribution in [-0.4, -0.2) is 36.5 Å². The minimum absolute atomic E-state index is 0.150. The molecule has 1 aromatic carbocycles. The molecule has 2 aromatic rings. The zero-order chi connectivity index (χ0) is 16.8. The van der Waals surface area contributed by atoms with E-state index in [4.69, 9.17) is 4.74 Å². The molecule has 0 aliphatic heterocycles. The number of nitrogens with zero attached hydrogens (tertiary/aromatic N) is 2. The van der Waals surface area contributed by atoms with Gasteiger partial charge in [0, 0.05) is 18.5 Å². The van der Waals surface area contributed by atoms with E-state index in [9.17, 15) is 4.79 Å². The van der Waals surface area contributed by atoms with Gasteiger partial charge in [0.15, 0.2) is 0 Å². The maximum absolute atomic E-state index is 12.3. The zero-order valence-corrected chi connectivity index (χ0v) is 15.1. The molecule has 0 aliphatic rings. The number of methoxy groups -OCH3 is 1. The number of rotatable bonds is 7. The van der Waals surface area contributed by atoms with Gasteiger partial charge in [-0.1, -0.05) is 25.5 Å². The Kier molecular flexibility index (Phi) is 6.16. The van der Waals surface area contributed by atoms with Gasteiger partial charge in [0.2, 0.25) is 5.91 Å². The molecular weight excluding hydrogens is 308 g/mol. The van der Waals surface area contributed by atoms with Gasteiger partial charge in [-0.15, -0.1) is 11.3 Å². The summed E-state index contributed by atoms with van der Waals surface area (Å²) in [5.41, 5.74) is 1.90. The van der Waals surface area contributed by atoms with Crippen LogP contribution in [0.15, 0.2) is 24.3 Å². The predicted octanol–water partition coefficient (Wildman–Crippen LogP) is 3.93. The van der Waals surface area contributed by atoms with Gasteiger partial charge >= 0.3 is 0 Å². The maximum atomic E-state index is 12.3. The molecule has 23 heavy (non-hydrogen) atoms. The number of aromatic nitrogens is 1. The quantitative estimate of drug-likeness (QED) is 0.771. The molecule has 0 fully saturated rings.